The number of carbonyl (C=O) groups is 1. The molecule has 1 amide bonds. The first kappa shape index (κ1) is 20.1. The first-order valence-corrected chi connectivity index (χ1v) is 10.1. The molecule has 6 nitrogen and oxygen atoms in total. The van der Waals surface area contributed by atoms with E-state index in [1.54, 1.807) is 30.7 Å². The van der Waals surface area contributed by atoms with Crippen molar-refractivity contribution in [2.75, 3.05) is 6.54 Å². The third kappa shape index (κ3) is 4.68. The van der Waals surface area contributed by atoms with Crippen molar-refractivity contribution in [3.8, 4) is 0 Å². The minimum absolute atomic E-state index is 0.146. The minimum atomic E-state index is -0.296. The number of aromatic nitrogens is 3. The van der Waals surface area contributed by atoms with Crippen LogP contribution in [-0.4, -0.2) is 32.3 Å². The molecule has 1 fully saturated rings. The van der Waals surface area contributed by atoms with Crippen molar-refractivity contribution in [3.63, 3.8) is 0 Å². The molecule has 1 aliphatic heterocycles. The van der Waals surface area contributed by atoms with E-state index in [-0.39, 0.29) is 17.8 Å². The molecule has 1 N–H and O–H groups in total. The number of pyridine rings is 1. The van der Waals surface area contributed by atoms with Gasteiger partial charge in [-0.25, -0.2) is 14.4 Å². The average molecular weight is 405 g/mol. The monoisotopic (exact) mass is 405 g/mol. The predicted octanol–water partition coefficient (Wildman–Crippen LogP) is 3.59. The number of hydrogen-bond acceptors (Lipinski definition) is 5. The topological polar surface area (TPSA) is 71.0 Å². The van der Waals surface area contributed by atoms with Crippen LogP contribution in [0.2, 0.25) is 0 Å². The number of benzene rings is 1. The van der Waals surface area contributed by atoms with Gasteiger partial charge in [0.25, 0.3) is 5.91 Å². The molecule has 3 heterocycles. The smallest absolute Gasteiger partial charge is 0.254 e. The zero-order chi connectivity index (χ0) is 20.9. The molecular formula is C23H24FN5O. The molecule has 154 valence electrons. The molecule has 30 heavy (non-hydrogen) atoms. The van der Waals surface area contributed by atoms with Gasteiger partial charge in [0.2, 0.25) is 0 Å². The van der Waals surface area contributed by atoms with Crippen LogP contribution < -0.4 is 5.32 Å². The molecule has 0 aliphatic carbocycles. The van der Waals surface area contributed by atoms with Crippen molar-refractivity contribution >= 4 is 5.91 Å². The van der Waals surface area contributed by atoms with Crippen LogP contribution in [-0.2, 0) is 13.1 Å². The van der Waals surface area contributed by atoms with Gasteiger partial charge in [0.1, 0.15) is 11.6 Å². The summed E-state index contributed by atoms with van der Waals surface area (Å²) in [4.78, 5) is 28.2. The van der Waals surface area contributed by atoms with Crippen molar-refractivity contribution in [1.82, 2.24) is 25.2 Å². The molecule has 1 aliphatic rings. The Morgan fingerprint density at radius 2 is 1.93 bits per heavy atom. The van der Waals surface area contributed by atoms with Crippen LogP contribution in [0, 0.1) is 12.7 Å². The highest BCUT2D eigenvalue weighted by molar-refractivity contribution is 5.94. The Hall–Kier alpha value is -3.19. The first-order valence-electron chi connectivity index (χ1n) is 10.1. The van der Waals surface area contributed by atoms with Gasteiger partial charge in [0, 0.05) is 31.7 Å². The maximum atomic E-state index is 13.0. The summed E-state index contributed by atoms with van der Waals surface area (Å²) in [5, 5.41) is 2.85. The van der Waals surface area contributed by atoms with Crippen LogP contribution in [0.1, 0.15) is 51.9 Å². The molecule has 7 heteroatoms. The Morgan fingerprint density at radius 1 is 1.17 bits per heavy atom. The SMILES string of the molecule is Cc1nc([C@@H]2CCCN2Cc2ccncc2)ncc1C(=O)NCc1ccc(F)cc1. The van der Waals surface area contributed by atoms with E-state index >= 15 is 0 Å². The fourth-order valence-corrected chi connectivity index (χ4v) is 3.78. The highest BCUT2D eigenvalue weighted by Gasteiger charge is 2.29. The highest BCUT2D eigenvalue weighted by Crippen LogP contribution is 2.31. The van der Waals surface area contributed by atoms with Gasteiger partial charge in [-0.1, -0.05) is 12.1 Å². The molecule has 1 aromatic carbocycles. The second-order valence-corrected chi connectivity index (χ2v) is 7.52. The zero-order valence-electron chi connectivity index (χ0n) is 16.9. The second kappa shape index (κ2) is 9.09. The largest absolute Gasteiger partial charge is 0.348 e. The number of hydrogen-bond donors (Lipinski definition) is 1. The molecule has 0 radical (unpaired) electrons. The van der Waals surface area contributed by atoms with Crippen LogP contribution in [0.3, 0.4) is 0 Å². The van der Waals surface area contributed by atoms with Gasteiger partial charge in [-0.05, 0) is 61.7 Å². The molecule has 1 saturated heterocycles. The van der Waals surface area contributed by atoms with Gasteiger partial charge in [0.05, 0.1) is 17.3 Å². The third-order valence-electron chi connectivity index (χ3n) is 5.41. The molecule has 4 rings (SSSR count). The van der Waals surface area contributed by atoms with Crippen LogP contribution in [0.4, 0.5) is 4.39 Å². The standard InChI is InChI=1S/C23H24FN5O/c1-16-20(23(30)27-13-17-4-6-19(24)7-5-17)14-26-22(28-16)21-3-2-12-29(21)15-18-8-10-25-11-9-18/h4-11,14,21H,2-3,12-13,15H2,1H3,(H,27,30)/t21-/m0/s1. The van der Waals surface area contributed by atoms with Gasteiger partial charge < -0.3 is 5.32 Å². The molecule has 1 atom stereocenters. The number of nitrogens with one attached hydrogen (secondary N) is 1. The lowest BCUT2D eigenvalue weighted by Crippen LogP contribution is -2.27. The number of likely N-dealkylation sites (tertiary alicyclic amines) is 1. The van der Waals surface area contributed by atoms with Gasteiger partial charge in [-0.2, -0.15) is 0 Å². The maximum Gasteiger partial charge on any atom is 0.254 e. The lowest BCUT2D eigenvalue weighted by atomic mass is 10.1. The highest BCUT2D eigenvalue weighted by atomic mass is 19.1. The Balaban J connectivity index is 1.43. The summed E-state index contributed by atoms with van der Waals surface area (Å²) in [6.07, 6.45) is 7.32. The van der Waals surface area contributed by atoms with E-state index in [1.165, 1.54) is 17.7 Å². The number of carbonyl (C=O) groups excluding carboxylic acids is 1. The molecule has 0 spiro atoms. The number of rotatable bonds is 6. The second-order valence-electron chi connectivity index (χ2n) is 7.52. The van der Waals surface area contributed by atoms with E-state index in [0.717, 1.165) is 37.3 Å². The van der Waals surface area contributed by atoms with Crippen molar-refractivity contribution < 1.29 is 9.18 Å². The van der Waals surface area contributed by atoms with Gasteiger partial charge in [0.15, 0.2) is 0 Å². The van der Waals surface area contributed by atoms with Crippen LogP contribution in [0.5, 0.6) is 0 Å². The quantitative estimate of drug-likeness (QED) is 0.679. The summed E-state index contributed by atoms with van der Waals surface area (Å²) in [6, 6.07) is 10.3. The van der Waals surface area contributed by atoms with E-state index in [4.69, 9.17) is 0 Å². The van der Waals surface area contributed by atoms with Gasteiger partial charge in [-0.3, -0.25) is 14.7 Å². The molecule has 2 aromatic heterocycles. The summed E-state index contributed by atoms with van der Waals surface area (Å²) in [5.41, 5.74) is 3.16. The van der Waals surface area contributed by atoms with E-state index in [0.29, 0.717) is 17.8 Å². The molecular weight excluding hydrogens is 381 g/mol. The third-order valence-corrected chi connectivity index (χ3v) is 5.41. The minimum Gasteiger partial charge on any atom is -0.348 e. The summed E-state index contributed by atoms with van der Waals surface area (Å²) in [5.74, 6) is 0.229. The fourth-order valence-electron chi connectivity index (χ4n) is 3.78. The van der Waals surface area contributed by atoms with Crippen molar-refractivity contribution in [1.29, 1.82) is 0 Å². The first-order chi connectivity index (χ1) is 14.6. The number of amides is 1. The van der Waals surface area contributed by atoms with Crippen molar-refractivity contribution in [3.05, 3.63) is 89.0 Å². The number of nitrogens with zero attached hydrogens (tertiary/aromatic N) is 4. The molecule has 0 bridgehead atoms. The van der Waals surface area contributed by atoms with Crippen LogP contribution >= 0.6 is 0 Å². The van der Waals surface area contributed by atoms with E-state index < -0.39 is 0 Å². The number of aryl methyl sites for hydroxylation is 1. The number of halogens is 1. The Bertz CT molecular complexity index is 1010. The summed E-state index contributed by atoms with van der Waals surface area (Å²) in [6.45, 7) is 3.98. The molecule has 3 aromatic rings. The van der Waals surface area contributed by atoms with Crippen molar-refractivity contribution in [2.24, 2.45) is 0 Å². The predicted molar refractivity (Wildman–Crippen MR) is 111 cm³/mol. The average Bonchev–Trinajstić information content (AvgIpc) is 3.22. The lowest BCUT2D eigenvalue weighted by Gasteiger charge is -2.23. The Kier molecular flexibility index (Phi) is 6.09. The summed E-state index contributed by atoms with van der Waals surface area (Å²) in [7, 11) is 0. The fraction of sp³-hybridized carbons (Fsp3) is 0.304. The zero-order valence-corrected chi connectivity index (χ0v) is 16.9. The lowest BCUT2D eigenvalue weighted by molar-refractivity contribution is 0.0949. The van der Waals surface area contributed by atoms with Gasteiger partial charge in [-0.15, -0.1) is 0 Å². The van der Waals surface area contributed by atoms with E-state index in [1.807, 2.05) is 19.1 Å². The van der Waals surface area contributed by atoms with Crippen LogP contribution in [0.15, 0.2) is 55.0 Å². The molecule has 0 unspecified atom stereocenters. The summed E-state index contributed by atoms with van der Waals surface area (Å²) < 4.78 is 13.0. The normalized spacial score (nSPS) is 16.5. The molecule has 0 saturated carbocycles. The maximum absolute atomic E-state index is 13.0. The Labute approximate surface area is 175 Å². The van der Waals surface area contributed by atoms with E-state index in [2.05, 4.69) is 25.2 Å². The van der Waals surface area contributed by atoms with Crippen molar-refractivity contribution in [2.45, 2.75) is 38.9 Å². The summed E-state index contributed by atoms with van der Waals surface area (Å²) >= 11 is 0. The van der Waals surface area contributed by atoms with Gasteiger partial charge >= 0.3 is 0 Å². The Morgan fingerprint density at radius 3 is 2.67 bits per heavy atom. The van der Waals surface area contributed by atoms with E-state index in [9.17, 15) is 9.18 Å². The van der Waals surface area contributed by atoms with Crippen LogP contribution in [0.25, 0.3) is 0 Å².